The zero-order valence-electron chi connectivity index (χ0n) is 14.0. The van der Waals surface area contributed by atoms with Crippen molar-refractivity contribution in [1.82, 2.24) is 9.91 Å². The normalized spacial score (nSPS) is 22.1. The zero-order valence-corrected chi connectivity index (χ0v) is 14.8. The Bertz CT molecular complexity index is 738. The highest BCUT2D eigenvalue weighted by Crippen LogP contribution is 2.31. The zero-order chi connectivity index (χ0) is 17.5. The van der Waals surface area contributed by atoms with Crippen LogP contribution in [0, 0.1) is 12.3 Å². The van der Waals surface area contributed by atoms with Gasteiger partial charge in [-0.15, -0.1) is 0 Å². The molecular formula is C15H25N4O3S+. The molecule has 1 atom stereocenters. The summed E-state index contributed by atoms with van der Waals surface area (Å²) in [4.78, 5) is 4.21. The molecular weight excluding hydrogens is 316 g/mol. The third kappa shape index (κ3) is 3.89. The Hall–Kier alpha value is -1.48. The van der Waals surface area contributed by atoms with E-state index in [4.69, 9.17) is 5.84 Å². The van der Waals surface area contributed by atoms with Gasteiger partial charge in [-0.05, 0) is 24.0 Å². The molecule has 7 nitrogen and oxygen atoms in total. The molecule has 4 N–H and O–H groups in total. The summed E-state index contributed by atoms with van der Waals surface area (Å²) < 4.78 is 32.7. The van der Waals surface area contributed by atoms with Crippen molar-refractivity contribution in [2.24, 2.45) is 16.3 Å². The molecule has 1 aromatic rings. The van der Waals surface area contributed by atoms with Crippen LogP contribution in [-0.4, -0.2) is 38.6 Å². The first-order chi connectivity index (χ1) is 10.4. The largest absolute Gasteiger partial charge is 0.322 e. The minimum absolute atomic E-state index is 0.0223. The van der Waals surface area contributed by atoms with Crippen molar-refractivity contribution in [2.45, 2.75) is 32.6 Å². The molecule has 0 saturated carbocycles. The number of nitrogens with one attached hydrogen (secondary N) is 1. The first-order valence-corrected chi connectivity index (χ1v) is 8.92. The number of nitrogens with zero attached hydrogens (tertiary/aromatic N) is 2. The Morgan fingerprint density at radius 3 is 2.61 bits per heavy atom. The maximum absolute atomic E-state index is 11.7. The van der Waals surface area contributed by atoms with Gasteiger partial charge in [0.25, 0.3) is 0 Å². The summed E-state index contributed by atoms with van der Waals surface area (Å²) in [6.07, 6.45) is 0. The van der Waals surface area contributed by atoms with Gasteiger partial charge in [0.15, 0.2) is 10.6 Å². The van der Waals surface area contributed by atoms with E-state index in [1.165, 1.54) is 6.07 Å². The van der Waals surface area contributed by atoms with Crippen LogP contribution in [0.15, 0.2) is 28.1 Å². The molecule has 0 fully saturated rings. The number of rotatable bonds is 3. The van der Waals surface area contributed by atoms with Gasteiger partial charge in [-0.1, -0.05) is 26.8 Å². The lowest BCUT2D eigenvalue weighted by molar-refractivity contribution is 0.385. The van der Waals surface area contributed by atoms with Crippen LogP contribution < -0.4 is 15.8 Å². The molecule has 0 spiro atoms. The monoisotopic (exact) mass is 341 g/mol. The van der Waals surface area contributed by atoms with Crippen molar-refractivity contribution in [2.75, 3.05) is 19.6 Å². The summed E-state index contributed by atoms with van der Waals surface area (Å²) >= 11 is 0. The molecule has 1 unspecified atom stereocenters. The van der Waals surface area contributed by atoms with Crippen molar-refractivity contribution in [3.05, 3.63) is 23.8 Å². The summed E-state index contributed by atoms with van der Waals surface area (Å²) in [5.41, 5.74) is 1.21. The average molecular weight is 341 g/mol. The molecule has 8 heteroatoms. The molecule has 23 heavy (non-hydrogen) atoms. The molecule has 0 radical (unpaired) electrons. The van der Waals surface area contributed by atoms with Crippen molar-refractivity contribution >= 4 is 21.8 Å². The van der Waals surface area contributed by atoms with Crippen LogP contribution in [0.5, 0.6) is 0 Å². The lowest BCUT2D eigenvalue weighted by Gasteiger charge is -2.30. The van der Waals surface area contributed by atoms with Gasteiger partial charge in [0.05, 0.1) is 6.54 Å². The van der Waals surface area contributed by atoms with E-state index < -0.39 is 10.1 Å². The molecule has 0 amide bonds. The van der Waals surface area contributed by atoms with E-state index in [9.17, 15) is 13.0 Å². The van der Waals surface area contributed by atoms with Gasteiger partial charge in [-0.25, -0.2) is 4.99 Å². The number of aryl methyl sites for hydroxylation is 1. The van der Waals surface area contributed by atoms with Gasteiger partial charge in [-0.3, -0.25) is 4.55 Å². The van der Waals surface area contributed by atoms with Crippen LogP contribution in [0.3, 0.4) is 0 Å². The van der Waals surface area contributed by atoms with Gasteiger partial charge in [0.2, 0.25) is 0 Å². The van der Waals surface area contributed by atoms with Crippen LogP contribution >= 0.6 is 0 Å². The average Bonchev–Trinajstić information content (AvgIpc) is 2.76. The van der Waals surface area contributed by atoms with Gasteiger partial charge in [-0.2, -0.15) is 18.9 Å². The number of benzene rings is 1. The van der Waals surface area contributed by atoms with Crippen molar-refractivity contribution < 1.29 is 13.0 Å². The molecule has 1 aromatic carbocycles. The van der Waals surface area contributed by atoms with Crippen LogP contribution in [0.1, 0.15) is 26.3 Å². The van der Waals surface area contributed by atoms with E-state index >= 15 is 0 Å². The smallest absolute Gasteiger partial charge is 0.322 e. The molecule has 1 heterocycles. The predicted octanol–water partition coefficient (Wildman–Crippen LogP) is 1.43. The fourth-order valence-electron chi connectivity index (χ4n) is 2.48. The quantitative estimate of drug-likeness (QED) is 0.438. The summed E-state index contributed by atoms with van der Waals surface area (Å²) in [5.74, 6) is 7.00. The highest BCUT2D eigenvalue weighted by atomic mass is 32.2. The Labute approximate surface area is 137 Å². The fourth-order valence-corrected chi connectivity index (χ4v) is 3.20. The van der Waals surface area contributed by atoms with E-state index in [1.54, 1.807) is 12.1 Å². The lowest BCUT2D eigenvalue weighted by atomic mass is 9.97. The van der Waals surface area contributed by atoms with Gasteiger partial charge in [0, 0.05) is 12.6 Å². The van der Waals surface area contributed by atoms with Crippen LogP contribution in [0.4, 0.5) is 5.69 Å². The highest BCUT2D eigenvalue weighted by Gasteiger charge is 2.42. The molecule has 1 aliphatic heterocycles. The molecule has 2 rings (SSSR count). The Kier molecular flexibility index (Phi) is 4.55. The van der Waals surface area contributed by atoms with E-state index in [-0.39, 0.29) is 14.9 Å². The molecule has 1 aliphatic rings. The number of aliphatic imine (C=N–C) groups is 1. The van der Waals surface area contributed by atoms with E-state index in [1.807, 2.05) is 6.92 Å². The maximum atomic E-state index is 11.7. The summed E-state index contributed by atoms with van der Waals surface area (Å²) in [7, 11) is -4.37. The van der Waals surface area contributed by atoms with Gasteiger partial charge in [0.1, 0.15) is 6.54 Å². The van der Waals surface area contributed by atoms with Crippen LogP contribution in [0.25, 0.3) is 0 Å². The Morgan fingerprint density at radius 2 is 2.04 bits per heavy atom. The number of guanidine groups is 1. The third-order valence-corrected chi connectivity index (χ3v) is 4.59. The number of nitrogens with two attached hydrogens (primary N) is 1. The molecule has 0 aromatic heterocycles. The van der Waals surface area contributed by atoms with Gasteiger partial charge >= 0.3 is 16.1 Å². The standard InChI is InChI=1S/C15H24N4O3S/c1-11-5-6-13(23(20,21)22)12(9-11)19(16)8-7-17-14(19)18-10-15(2,3)4/h5-6,9H,7-8,10,16H2,1-4H3,(H-,17,18,20,21,22)/p+1. The second-order valence-corrected chi connectivity index (χ2v) is 8.55. The minimum atomic E-state index is -4.37. The predicted molar refractivity (Wildman–Crippen MR) is 91.6 cm³/mol. The summed E-state index contributed by atoms with van der Waals surface area (Å²) in [6.45, 7) is 9.65. The van der Waals surface area contributed by atoms with E-state index in [0.717, 1.165) is 5.56 Å². The molecule has 0 bridgehead atoms. The van der Waals surface area contributed by atoms with Crippen molar-refractivity contribution in [3.63, 3.8) is 0 Å². The summed E-state index contributed by atoms with van der Waals surface area (Å²) in [5, 5.41) is 3.23. The summed E-state index contributed by atoms with van der Waals surface area (Å²) in [6, 6.07) is 4.70. The Balaban J connectivity index is 2.48. The molecule has 128 valence electrons. The van der Waals surface area contributed by atoms with Crippen molar-refractivity contribution in [3.8, 4) is 0 Å². The van der Waals surface area contributed by atoms with E-state index in [2.05, 4.69) is 31.1 Å². The maximum Gasteiger partial charge on any atom is 0.322 e. The fraction of sp³-hybridized carbons (Fsp3) is 0.533. The lowest BCUT2D eigenvalue weighted by Crippen LogP contribution is -2.64. The van der Waals surface area contributed by atoms with Gasteiger partial charge < -0.3 is 5.32 Å². The molecule has 0 saturated heterocycles. The van der Waals surface area contributed by atoms with Crippen LogP contribution in [-0.2, 0) is 10.1 Å². The molecule has 0 aliphatic carbocycles. The van der Waals surface area contributed by atoms with E-state index in [0.29, 0.717) is 31.3 Å². The number of quaternary nitrogens is 1. The topological polar surface area (TPSA) is 105 Å². The second kappa shape index (κ2) is 5.86. The third-order valence-electron chi connectivity index (χ3n) is 3.69. The second-order valence-electron chi connectivity index (χ2n) is 7.16. The highest BCUT2D eigenvalue weighted by molar-refractivity contribution is 7.86. The first-order valence-electron chi connectivity index (χ1n) is 7.48. The van der Waals surface area contributed by atoms with Crippen LogP contribution in [0.2, 0.25) is 0 Å². The first kappa shape index (κ1) is 17.9. The van der Waals surface area contributed by atoms with Crippen molar-refractivity contribution in [1.29, 1.82) is 0 Å². The number of hydrogen-bond acceptors (Lipinski definition) is 5. The Morgan fingerprint density at radius 1 is 1.39 bits per heavy atom. The SMILES string of the molecule is Cc1ccc(S(=O)(=O)O)c([N+]2(N)CCN=C2NCC(C)(C)C)c1. The minimum Gasteiger partial charge on any atom is -0.322 e. The number of hydrogen-bond donors (Lipinski definition) is 3.